The zero-order valence-corrected chi connectivity index (χ0v) is 19.2. The van der Waals surface area contributed by atoms with Gasteiger partial charge in [0, 0.05) is 44.1 Å². The monoisotopic (exact) mass is 413 g/mol. The van der Waals surface area contributed by atoms with Crippen LogP contribution in [-0.4, -0.2) is 51.9 Å². The van der Waals surface area contributed by atoms with Crippen molar-refractivity contribution in [2.45, 2.75) is 84.6 Å². The maximum atomic E-state index is 11.9. The molecule has 0 saturated heterocycles. The fourth-order valence-electron chi connectivity index (χ4n) is 3.69. The summed E-state index contributed by atoms with van der Waals surface area (Å²) in [5.74, 6) is -0.473. The molecule has 0 spiro atoms. The van der Waals surface area contributed by atoms with Gasteiger partial charge in [0.25, 0.3) is 11.8 Å². The van der Waals surface area contributed by atoms with Crippen LogP contribution in [0, 0.1) is 0 Å². The second kappa shape index (κ2) is 14.0. The van der Waals surface area contributed by atoms with E-state index < -0.39 is 8.80 Å². The Kier molecular flexibility index (Phi) is 12.5. The molecule has 1 unspecified atom stereocenters. The number of amides is 2. The quantitative estimate of drug-likeness (QED) is 0.200. The first-order valence-corrected chi connectivity index (χ1v) is 12.8. The van der Waals surface area contributed by atoms with Crippen LogP contribution in [0.5, 0.6) is 0 Å². The van der Waals surface area contributed by atoms with E-state index >= 15 is 0 Å². The average Bonchev–Trinajstić information content (AvgIpc) is 2.99. The van der Waals surface area contributed by atoms with E-state index in [0.29, 0.717) is 32.8 Å². The molecule has 2 amide bonds. The number of hydrogen-bond acceptors (Lipinski definition) is 5. The summed E-state index contributed by atoms with van der Waals surface area (Å²) in [5, 5.41) is 0. The van der Waals surface area contributed by atoms with E-state index in [2.05, 4.69) is 6.92 Å². The highest BCUT2D eigenvalue weighted by Crippen LogP contribution is 2.35. The normalized spacial score (nSPS) is 15.6. The van der Waals surface area contributed by atoms with Crippen molar-refractivity contribution in [1.82, 2.24) is 4.90 Å². The molecule has 0 N–H and O–H groups in total. The van der Waals surface area contributed by atoms with Gasteiger partial charge in [0.15, 0.2) is 0 Å². The second-order valence-electron chi connectivity index (χ2n) is 7.11. The molecule has 1 atom stereocenters. The molecule has 162 valence electrons. The molecule has 7 heteroatoms. The summed E-state index contributed by atoms with van der Waals surface area (Å²) in [6.45, 7) is 10.1. The molecular formula is C21H39NO5Si. The van der Waals surface area contributed by atoms with Gasteiger partial charge in [-0.25, -0.2) is 0 Å². The van der Waals surface area contributed by atoms with E-state index in [9.17, 15) is 9.59 Å². The van der Waals surface area contributed by atoms with E-state index in [1.807, 2.05) is 20.8 Å². The summed E-state index contributed by atoms with van der Waals surface area (Å²) in [5.41, 5.74) is 0.0831. The van der Waals surface area contributed by atoms with Gasteiger partial charge >= 0.3 is 8.80 Å². The van der Waals surface area contributed by atoms with Crippen molar-refractivity contribution < 1.29 is 22.9 Å². The molecule has 0 aromatic rings. The maximum Gasteiger partial charge on any atom is 0.504 e. The van der Waals surface area contributed by atoms with Gasteiger partial charge in [-0.2, -0.15) is 0 Å². The van der Waals surface area contributed by atoms with E-state index in [4.69, 9.17) is 13.3 Å². The molecule has 1 aliphatic rings. The van der Waals surface area contributed by atoms with Crippen LogP contribution < -0.4 is 0 Å². The van der Waals surface area contributed by atoms with Crippen molar-refractivity contribution in [3.05, 3.63) is 12.2 Å². The zero-order chi connectivity index (χ0) is 20.8. The molecule has 0 fully saturated rings. The number of imide groups is 1. The predicted octanol–water partition coefficient (Wildman–Crippen LogP) is 4.47. The molecule has 0 aromatic heterocycles. The number of carbonyl (C=O) groups is 2. The predicted molar refractivity (Wildman–Crippen MR) is 113 cm³/mol. The van der Waals surface area contributed by atoms with Crippen LogP contribution in [0.4, 0.5) is 0 Å². The number of unbranched alkanes of at least 4 members (excludes halogenated alkanes) is 5. The van der Waals surface area contributed by atoms with Crippen molar-refractivity contribution in [3.8, 4) is 0 Å². The maximum absolute atomic E-state index is 11.9. The van der Waals surface area contributed by atoms with Gasteiger partial charge < -0.3 is 13.3 Å². The smallest absolute Gasteiger partial charge is 0.374 e. The highest BCUT2D eigenvalue weighted by molar-refractivity contribution is 6.62. The third kappa shape index (κ3) is 7.77. The SMILES string of the molecule is CCCCCCCCC(CCN1C(=O)C=CC1=O)[Si](OCC)(OCC)OCC. The molecule has 0 saturated carbocycles. The van der Waals surface area contributed by atoms with Gasteiger partial charge in [-0.05, 0) is 33.6 Å². The molecule has 0 aromatic carbocycles. The van der Waals surface area contributed by atoms with Crippen LogP contribution >= 0.6 is 0 Å². The minimum Gasteiger partial charge on any atom is -0.374 e. The minimum atomic E-state index is -2.89. The van der Waals surface area contributed by atoms with Gasteiger partial charge in [0.05, 0.1) is 0 Å². The second-order valence-corrected chi connectivity index (χ2v) is 10.00. The molecule has 28 heavy (non-hydrogen) atoms. The molecule has 6 nitrogen and oxygen atoms in total. The molecule has 0 radical (unpaired) electrons. The van der Waals surface area contributed by atoms with Crippen molar-refractivity contribution in [2.75, 3.05) is 26.4 Å². The lowest BCUT2D eigenvalue weighted by Crippen LogP contribution is -2.51. The van der Waals surface area contributed by atoms with Gasteiger partial charge in [0.1, 0.15) is 0 Å². The lowest BCUT2D eigenvalue weighted by Gasteiger charge is -2.36. The largest absolute Gasteiger partial charge is 0.504 e. The summed E-state index contributed by atoms with van der Waals surface area (Å²) in [7, 11) is -2.89. The first-order valence-electron chi connectivity index (χ1n) is 11.0. The first-order chi connectivity index (χ1) is 13.5. The third-order valence-electron chi connectivity index (χ3n) is 5.04. The molecular weight excluding hydrogens is 374 g/mol. The zero-order valence-electron chi connectivity index (χ0n) is 18.2. The lowest BCUT2D eigenvalue weighted by molar-refractivity contribution is -0.136. The highest BCUT2D eigenvalue weighted by atomic mass is 28.4. The lowest BCUT2D eigenvalue weighted by atomic mass is 10.1. The molecule has 1 heterocycles. The molecule has 1 rings (SSSR count). The number of rotatable bonds is 17. The first kappa shape index (κ1) is 25.0. The van der Waals surface area contributed by atoms with E-state index in [1.54, 1.807) is 0 Å². The molecule has 0 bridgehead atoms. The average molecular weight is 414 g/mol. The Balaban J connectivity index is 2.80. The summed E-state index contributed by atoms with van der Waals surface area (Å²) in [4.78, 5) is 25.1. The summed E-state index contributed by atoms with van der Waals surface area (Å²) in [6.07, 6.45) is 11.5. The van der Waals surface area contributed by atoms with Crippen molar-refractivity contribution >= 4 is 20.6 Å². The van der Waals surface area contributed by atoms with Crippen LogP contribution in [0.3, 0.4) is 0 Å². The van der Waals surface area contributed by atoms with E-state index in [0.717, 1.165) is 12.8 Å². The number of carbonyl (C=O) groups excluding carboxylic acids is 2. The summed E-state index contributed by atoms with van der Waals surface area (Å²) >= 11 is 0. The fraction of sp³-hybridized carbons (Fsp3) is 0.810. The van der Waals surface area contributed by atoms with Crippen LogP contribution in [0.1, 0.15) is 79.1 Å². The fourth-order valence-corrected chi connectivity index (χ4v) is 6.89. The third-order valence-corrected chi connectivity index (χ3v) is 8.69. The topological polar surface area (TPSA) is 65.1 Å². The van der Waals surface area contributed by atoms with Gasteiger partial charge in [-0.15, -0.1) is 0 Å². The minimum absolute atomic E-state index is 0.0831. The molecule has 0 aliphatic carbocycles. The highest BCUT2D eigenvalue weighted by Gasteiger charge is 2.48. The van der Waals surface area contributed by atoms with Gasteiger partial charge in [-0.1, -0.05) is 45.4 Å². The van der Waals surface area contributed by atoms with Crippen molar-refractivity contribution in [3.63, 3.8) is 0 Å². The van der Waals surface area contributed by atoms with Gasteiger partial charge in [0.2, 0.25) is 0 Å². The summed E-state index contributed by atoms with van der Waals surface area (Å²) < 4.78 is 18.4. The Bertz CT molecular complexity index is 462. The number of hydrogen-bond donors (Lipinski definition) is 0. The Hall–Kier alpha value is -1.02. The number of nitrogens with zero attached hydrogens (tertiary/aromatic N) is 1. The molecule has 1 aliphatic heterocycles. The van der Waals surface area contributed by atoms with Crippen LogP contribution in [0.15, 0.2) is 12.2 Å². The standard InChI is InChI=1S/C21H39NO5Si/c1-5-9-10-11-12-13-14-19(17-18-22-20(23)15-16-21(22)24)28(25-6-2,26-7-3)27-8-4/h15-16,19H,5-14,17-18H2,1-4H3. The van der Waals surface area contributed by atoms with Gasteiger partial charge in [-0.3, -0.25) is 14.5 Å². The van der Waals surface area contributed by atoms with Crippen molar-refractivity contribution in [2.24, 2.45) is 0 Å². The van der Waals surface area contributed by atoms with E-state index in [-0.39, 0.29) is 17.4 Å². The summed E-state index contributed by atoms with van der Waals surface area (Å²) in [6, 6.07) is 0. The van der Waals surface area contributed by atoms with Crippen molar-refractivity contribution in [1.29, 1.82) is 0 Å². The Morgan fingerprint density at radius 3 is 1.79 bits per heavy atom. The Labute approximate surface area is 172 Å². The Morgan fingerprint density at radius 2 is 1.29 bits per heavy atom. The van der Waals surface area contributed by atoms with Crippen LogP contribution in [-0.2, 0) is 22.9 Å². The van der Waals surface area contributed by atoms with Crippen LogP contribution in [0.25, 0.3) is 0 Å². The van der Waals surface area contributed by atoms with E-state index in [1.165, 1.54) is 49.2 Å². The van der Waals surface area contributed by atoms with Crippen LogP contribution in [0.2, 0.25) is 5.54 Å². The Morgan fingerprint density at radius 1 is 0.786 bits per heavy atom.